The van der Waals surface area contributed by atoms with Crippen LogP contribution < -0.4 is 16.6 Å². The number of fused-ring (bicyclic) bond motifs is 1. The van der Waals surface area contributed by atoms with Crippen molar-refractivity contribution in [3.63, 3.8) is 0 Å². The van der Waals surface area contributed by atoms with E-state index in [0.29, 0.717) is 27.8 Å². The summed E-state index contributed by atoms with van der Waals surface area (Å²) >= 11 is 2.78. The zero-order valence-corrected chi connectivity index (χ0v) is 18.2. The van der Waals surface area contributed by atoms with Gasteiger partial charge < -0.3 is 11.1 Å². The van der Waals surface area contributed by atoms with E-state index in [1.165, 1.54) is 23.5 Å². The molecule has 0 atom stereocenters. The quantitative estimate of drug-likeness (QED) is 0.422. The fourth-order valence-electron chi connectivity index (χ4n) is 3.18. The summed E-state index contributed by atoms with van der Waals surface area (Å²) in [5.41, 5.74) is 7.92. The predicted molar refractivity (Wildman–Crippen MR) is 123 cm³/mol. The minimum atomic E-state index is -0.523. The van der Waals surface area contributed by atoms with Crippen LogP contribution in [0.3, 0.4) is 0 Å². The molecule has 0 fully saturated rings. The number of nitrogens with one attached hydrogen (secondary N) is 1. The molecule has 4 rings (SSSR count). The maximum Gasteiger partial charge on any atom is 0.268 e. The van der Waals surface area contributed by atoms with E-state index in [9.17, 15) is 14.4 Å². The van der Waals surface area contributed by atoms with Crippen molar-refractivity contribution in [3.8, 4) is 0 Å². The second-order valence-electron chi connectivity index (χ2n) is 6.92. The summed E-state index contributed by atoms with van der Waals surface area (Å²) in [6, 6.07) is 16.1. The van der Waals surface area contributed by atoms with Crippen LogP contribution in [0.4, 0.5) is 5.69 Å². The van der Waals surface area contributed by atoms with E-state index in [1.54, 1.807) is 28.8 Å². The molecule has 2 heterocycles. The van der Waals surface area contributed by atoms with Crippen molar-refractivity contribution in [2.24, 2.45) is 5.73 Å². The normalized spacial score (nSPS) is 12.4. The Hall–Kier alpha value is -3.04. The molecule has 2 amide bonds. The van der Waals surface area contributed by atoms with Gasteiger partial charge in [-0.25, -0.2) is 4.98 Å². The van der Waals surface area contributed by atoms with E-state index < -0.39 is 5.91 Å². The van der Waals surface area contributed by atoms with Crippen LogP contribution in [0.25, 0.3) is 0 Å². The highest BCUT2D eigenvalue weighted by molar-refractivity contribution is 8.00. The molecule has 158 valence electrons. The van der Waals surface area contributed by atoms with E-state index in [-0.39, 0.29) is 17.2 Å². The van der Waals surface area contributed by atoms with E-state index in [1.807, 2.05) is 30.3 Å². The van der Waals surface area contributed by atoms with Gasteiger partial charge in [-0.3, -0.25) is 19.0 Å². The number of hydrogen-bond acceptors (Lipinski definition) is 6. The van der Waals surface area contributed by atoms with Gasteiger partial charge in [0.1, 0.15) is 0 Å². The van der Waals surface area contributed by atoms with E-state index in [2.05, 4.69) is 5.32 Å². The number of primary amides is 1. The summed E-state index contributed by atoms with van der Waals surface area (Å²) in [5, 5.41) is 3.32. The zero-order valence-electron chi connectivity index (χ0n) is 16.5. The van der Waals surface area contributed by atoms with Gasteiger partial charge >= 0.3 is 0 Å². The van der Waals surface area contributed by atoms with Crippen molar-refractivity contribution >= 4 is 41.0 Å². The number of carbonyl (C=O) groups excluding carboxylic acids is 2. The van der Waals surface area contributed by atoms with Crippen molar-refractivity contribution in [2.75, 3.05) is 16.8 Å². The molecule has 1 aromatic heterocycles. The molecule has 0 spiro atoms. The summed E-state index contributed by atoms with van der Waals surface area (Å²) in [5.74, 6) is 0.196. The van der Waals surface area contributed by atoms with Gasteiger partial charge in [0.05, 0.1) is 22.9 Å². The van der Waals surface area contributed by atoms with Gasteiger partial charge in [0, 0.05) is 23.4 Å². The Kier molecular flexibility index (Phi) is 6.43. The second kappa shape index (κ2) is 9.40. The molecule has 7 nitrogen and oxygen atoms in total. The number of rotatable bonds is 7. The number of carbonyl (C=O) groups is 2. The molecule has 0 bridgehead atoms. The smallest absolute Gasteiger partial charge is 0.268 e. The van der Waals surface area contributed by atoms with Crippen LogP contribution in [0.1, 0.15) is 21.6 Å². The molecule has 9 heteroatoms. The molecule has 0 radical (unpaired) electrons. The third-order valence-corrected chi connectivity index (χ3v) is 6.80. The fraction of sp³-hybridized carbons (Fsp3) is 0.182. The number of hydrogen-bond donors (Lipinski definition) is 2. The minimum Gasteiger partial charge on any atom is -0.366 e. The van der Waals surface area contributed by atoms with Gasteiger partial charge in [-0.15, -0.1) is 11.8 Å². The molecule has 1 aliphatic heterocycles. The first-order chi connectivity index (χ1) is 15.0. The number of aryl methyl sites for hydroxylation is 1. The molecule has 1 aliphatic rings. The Morgan fingerprint density at radius 2 is 1.87 bits per heavy atom. The van der Waals surface area contributed by atoms with Gasteiger partial charge in [0.25, 0.3) is 5.56 Å². The standard InChI is InChI=1S/C22H20N4O3S2/c23-20(28)15-6-8-16(9-7-15)24-18(27)13-31-22-25-17-10-11-30-19(17)21(29)26(22)12-14-4-2-1-3-5-14/h1-9H,10-13H2,(H2,23,28)(H,24,27). The number of thioether (sulfide) groups is 2. The monoisotopic (exact) mass is 452 g/mol. The second-order valence-corrected chi connectivity index (χ2v) is 8.97. The molecule has 0 saturated carbocycles. The Bertz CT molecular complexity index is 1180. The fourth-order valence-corrected chi connectivity index (χ4v) is 5.04. The summed E-state index contributed by atoms with van der Waals surface area (Å²) in [4.78, 5) is 42.1. The van der Waals surface area contributed by atoms with Crippen molar-refractivity contribution in [2.45, 2.75) is 23.0 Å². The number of nitrogens with zero attached hydrogens (tertiary/aromatic N) is 2. The van der Waals surface area contributed by atoms with Crippen molar-refractivity contribution < 1.29 is 9.59 Å². The molecular weight excluding hydrogens is 432 g/mol. The topological polar surface area (TPSA) is 107 Å². The summed E-state index contributed by atoms with van der Waals surface area (Å²) in [7, 11) is 0. The lowest BCUT2D eigenvalue weighted by Crippen LogP contribution is -2.26. The highest BCUT2D eigenvalue weighted by Gasteiger charge is 2.22. The third kappa shape index (κ3) is 5.00. The maximum atomic E-state index is 13.1. The van der Waals surface area contributed by atoms with Gasteiger partial charge in [-0.05, 0) is 29.8 Å². The van der Waals surface area contributed by atoms with E-state index in [4.69, 9.17) is 10.7 Å². The summed E-state index contributed by atoms with van der Waals surface area (Å²) in [6.45, 7) is 0.402. The molecular formula is C22H20N4O3S2. The van der Waals surface area contributed by atoms with E-state index in [0.717, 1.165) is 23.4 Å². The van der Waals surface area contributed by atoms with Crippen LogP contribution in [0.2, 0.25) is 0 Å². The largest absolute Gasteiger partial charge is 0.366 e. The number of benzene rings is 2. The number of amides is 2. The molecule has 0 saturated heterocycles. The highest BCUT2D eigenvalue weighted by atomic mass is 32.2. The van der Waals surface area contributed by atoms with Crippen molar-refractivity contribution in [1.82, 2.24) is 9.55 Å². The van der Waals surface area contributed by atoms with Crippen LogP contribution in [0.15, 0.2) is 69.4 Å². The van der Waals surface area contributed by atoms with Crippen molar-refractivity contribution in [3.05, 3.63) is 81.8 Å². The Morgan fingerprint density at radius 3 is 2.58 bits per heavy atom. The van der Waals surface area contributed by atoms with Gasteiger partial charge in [-0.2, -0.15) is 0 Å². The van der Waals surface area contributed by atoms with Gasteiger partial charge in [-0.1, -0.05) is 42.1 Å². The molecule has 0 unspecified atom stereocenters. The van der Waals surface area contributed by atoms with Crippen LogP contribution in [-0.2, 0) is 17.8 Å². The molecule has 2 aromatic carbocycles. The van der Waals surface area contributed by atoms with Crippen LogP contribution in [0.5, 0.6) is 0 Å². The number of anilines is 1. The van der Waals surface area contributed by atoms with Crippen LogP contribution >= 0.6 is 23.5 Å². The first kappa shape index (κ1) is 21.2. The maximum absolute atomic E-state index is 13.1. The molecule has 3 N–H and O–H groups in total. The molecule has 31 heavy (non-hydrogen) atoms. The third-order valence-electron chi connectivity index (χ3n) is 4.72. The molecule has 0 aliphatic carbocycles. The number of nitrogens with two attached hydrogens (primary N) is 1. The minimum absolute atomic E-state index is 0.0544. The average molecular weight is 453 g/mol. The SMILES string of the molecule is NC(=O)c1ccc(NC(=O)CSc2nc3c(c(=O)n2Cc2ccccc2)SCC3)cc1. The first-order valence-corrected chi connectivity index (χ1v) is 11.6. The molecule has 3 aromatic rings. The lowest BCUT2D eigenvalue weighted by molar-refractivity contribution is -0.113. The number of aromatic nitrogens is 2. The van der Waals surface area contributed by atoms with Crippen LogP contribution in [-0.4, -0.2) is 32.9 Å². The van der Waals surface area contributed by atoms with Gasteiger partial charge in [0.15, 0.2) is 5.16 Å². The summed E-state index contributed by atoms with van der Waals surface area (Å²) < 4.78 is 1.64. The lowest BCUT2D eigenvalue weighted by atomic mass is 10.2. The Morgan fingerprint density at radius 1 is 1.13 bits per heavy atom. The van der Waals surface area contributed by atoms with Gasteiger partial charge in [0.2, 0.25) is 11.8 Å². The van der Waals surface area contributed by atoms with Crippen LogP contribution in [0, 0.1) is 0 Å². The average Bonchev–Trinajstić information content (AvgIpc) is 3.24. The first-order valence-electron chi connectivity index (χ1n) is 9.64. The summed E-state index contributed by atoms with van der Waals surface area (Å²) in [6.07, 6.45) is 0.757. The van der Waals surface area contributed by atoms with Crippen molar-refractivity contribution in [1.29, 1.82) is 0 Å². The lowest BCUT2D eigenvalue weighted by Gasteiger charge is -2.14. The predicted octanol–water partition coefficient (Wildman–Crippen LogP) is 2.77. The highest BCUT2D eigenvalue weighted by Crippen LogP contribution is 2.29. The zero-order chi connectivity index (χ0) is 21.8. The van der Waals surface area contributed by atoms with E-state index >= 15 is 0 Å². The Labute approximate surface area is 187 Å². The Balaban J connectivity index is 1.50.